The lowest BCUT2D eigenvalue weighted by Gasteiger charge is -2.12. The van der Waals surface area contributed by atoms with Crippen LogP contribution in [0.3, 0.4) is 0 Å². The van der Waals surface area contributed by atoms with E-state index in [0.29, 0.717) is 12.1 Å². The number of hydrogen-bond donors (Lipinski definition) is 2. The number of carboxylic acids is 1. The van der Waals surface area contributed by atoms with Crippen LogP contribution in [0.5, 0.6) is 0 Å². The number of methoxy groups -OCH3 is 1. The fourth-order valence-corrected chi connectivity index (χ4v) is 2.00. The van der Waals surface area contributed by atoms with Crippen LogP contribution in [0.25, 0.3) is 0 Å². The standard InChI is InChI=1S/C14H17NO4/c1-8(19-2)9-4-3-5-10(6-9)15-13(16)11-7-12(11)14(17)18/h3-6,8,11-12H,7H2,1-2H3,(H,15,16)(H,17,18). The van der Waals surface area contributed by atoms with Gasteiger partial charge in [0.25, 0.3) is 0 Å². The van der Waals surface area contributed by atoms with Gasteiger partial charge in [0.1, 0.15) is 0 Å². The third-order valence-electron chi connectivity index (χ3n) is 3.42. The normalized spacial score (nSPS) is 22.6. The Hall–Kier alpha value is -1.88. The van der Waals surface area contributed by atoms with E-state index in [4.69, 9.17) is 9.84 Å². The molecule has 0 spiro atoms. The first-order chi connectivity index (χ1) is 9.02. The van der Waals surface area contributed by atoms with Crippen LogP contribution < -0.4 is 5.32 Å². The van der Waals surface area contributed by atoms with Gasteiger partial charge in [0.05, 0.1) is 17.9 Å². The number of carbonyl (C=O) groups is 2. The van der Waals surface area contributed by atoms with Crippen LogP contribution >= 0.6 is 0 Å². The highest BCUT2D eigenvalue weighted by Gasteiger charge is 2.48. The zero-order valence-corrected chi connectivity index (χ0v) is 10.9. The zero-order chi connectivity index (χ0) is 14.0. The summed E-state index contributed by atoms with van der Waals surface area (Å²) in [7, 11) is 1.62. The van der Waals surface area contributed by atoms with E-state index in [2.05, 4.69) is 5.32 Å². The van der Waals surface area contributed by atoms with Crippen molar-refractivity contribution >= 4 is 17.6 Å². The molecule has 0 bridgehead atoms. The van der Waals surface area contributed by atoms with Gasteiger partial charge in [0.2, 0.25) is 5.91 Å². The fraction of sp³-hybridized carbons (Fsp3) is 0.429. The van der Waals surface area contributed by atoms with E-state index in [-0.39, 0.29) is 12.0 Å². The van der Waals surface area contributed by atoms with Crippen molar-refractivity contribution in [2.24, 2.45) is 11.8 Å². The molecule has 0 aromatic heterocycles. The summed E-state index contributed by atoms with van der Waals surface area (Å²) in [5, 5.41) is 11.5. The molecule has 1 fully saturated rings. The molecule has 0 heterocycles. The zero-order valence-electron chi connectivity index (χ0n) is 10.9. The summed E-state index contributed by atoms with van der Waals surface area (Å²) in [5.74, 6) is -2.06. The maximum absolute atomic E-state index is 11.8. The second-order valence-electron chi connectivity index (χ2n) is 4.78. The molecule has 5 heteroatoms. The van der Waals surface area contributed by atoms with Crippen LogP contribution in [-0.2, 0) is 14.3 Å². The molecule has 1 saturated carbocycles. The lowest BCUT2D eigenvalue weighted by molar-refractivity contribution is -0.139. The molecule has 1 aliphatic carbocycles. The van der Waals surface area contributed by atoms with Gasteiger partial charge < -0.3 is 15.2 Å². The van der Waals surface area contributed by atoms with Crippen molar-refractivity contribution in [3.63, 3.8) is 0 Å². The molecule has 0 aliphatic heterocycles. The van der Waals surface area contributed by atoms with Gasteiger partial charge in [-0.3, -0.25) is 9.59 Å². The average molecular weight is 263 g/mol. The average Bonchev–Trinajstić information content (AvgIpc) is 3.18. The smallest absolute Gasteiger partial charge is 0.307 e. The summed E-state index contributed by atoms with van der Waals surface area (Å²) < 4.78 is 5.21. The largest absolute Gasteiger partial charge is 0.481 e. The molecule has 1 amide bonds. The molecule has 2 rings (SSSR count). The van der Waals surface area contributed by atoms with Crippen molar-refractivity contribution in [3.05, 3.63) is 29.8 Å². The Labute approximate surface area is 111 Å². The summed E-state index contributed by atoms with van der Waals surface area (Å²) in [4.78, 5) is 22.5. The van der Waals surface area contributed by atoms with Gasteiger partial charge in [0.15, 0.2) is 0 Å². The van der Waals surface area contributed by atoms with Crippen LogP contribution in [0.1, 0.15) is 25.0 Å². The van der Waals surface area contributed by atoms with Gasteiger partial charge in [-0.2, -0.15) is 0 Å². The fourth-order valence-electron chi connectivity index (χ4n) is 2.00. The van der Waals surface area contributed by atoms with E-state index < -0.39 is 17.8 Å². The molecule has 102 valence electrons. The first kappa shape index (κ1) is 13.5. The highest BCUT2D eigenvalue weighted by Crippen LogP contribution is 2.39. The Morgan fingerprint density at radius 1 is 1.42 bits per heavy atom. The molecule has 0 saturated heterocycles. The van der Waals surface area contributed by atoms with Crippen molar-refractivity contribution in [1.29, 1.82) is 0 Å². The van der Waals surface area contributed by atoms with E-state index in [1.165, 1.54) is 0 Å². The van der Waals surface area contributed by atoms with Crippen LogP contribution in [-0.4, -0.2) is 24.1 Å². The van der Waals surface area contributed by atoms with E-state index in [9.17, 15) is 9.59 Å². The number of carbonyl (C=O) groups excluding carboxylic acids is 1. The second-order valence-corrected chi connectivity index (χ2v) is 4.78. The number of aliphatic carboxylic acids is 1. The summed E-state index contributed by atoms with van der Waals surface area (Å²) in [5.41, 5.74) is 1.63. The van der Waals surface area contributed by atoms with Crippen molar-refractivity contribution in [3.8, 4) is 0 Å². The van der Waals surface area contributed by atoms with Gasteiger partial charge in [-0.25, -0.2) is 0 Å². The lowest BCUT2D eigenvalue weighted by Crippen LogP contribution is -2.17. The van der Waals surface area contributed by atoms with Gasteiger partial charge in [-0.05, 0) is 31.0 Å². The molecule has 1 aliphatic rings. The molecule has 19 heavy (non-hydrogen) atoms. The molecule has 2 N–H and O–H groups in total. The number of amides is 1. The number of hydrogen-bond acceptors (Lipinski definition) is 3. The third-order valence-corrected chi connectivity index (χ3v) is 3.42. The first-order valence-corrected chi connectivity index (χ1v) is 6.19. The minimum absolute atomic E-state index is 0.0513. The Kier molecular flexibility index (Phi) is 3.85. The quantitative estimate of drug-likeness (QED) is 0.852. The van der Waals surface area contributed by atoms with Crippen LogP contribution in [0, 0.1) is 11.8 Å². The minimum Gasteiger partial charge on any atom is -0.481 e. The summed E-state index contributed by atoms with van der Waals surface area (Å²) in [6.45, 7) is 1.92. The third kappa shape index (κ3) is 3.12. The molecular formula is C14H17NO4. The molecule has 1 aromatic carbocycles. The first-order valence-electron chi connectivity index (χ1n) is 6.19. The van der Waals surface area contributed by atoms with Gasteiger partial charge in [-0.1, -0.05) is 12.1 Å². The van der Waals surface area contributed by atoms with Crippen molar-refractivity contribution in [2.75, 3.05) is 12.4 Å². The van der Waals surface area contributed by atoms with Gasteiger partial charge >= 0.3 is 5.97 Å². The number of anilines is 1. The van der Waals surface area contributed by atoms with Crippen molar-refractivity contribution in [1.82, 2.24) is 0 Å². The Balaban J connectivity index is 2.00. The van der Waals surface area contributed by atoms with E-state index in [1.54, 1.807) is 13.2 Å². The Morgan fingerprint density at radius 3 is 2.74 bits per heavy atom. The monoisotopic (exact) mass is 263 g/mol. The number of benzene rings is 1. The van der Waals surface area contributed by atoms with Gasteiger partial charge in [-0.15, -0.1) is 0 Å². The van der Waals surface area contributed by atoms with E-state index in [0.717, 1.165) is 5.56 Å². The SMILES string of the molecule is COC(C)c1cccc(NC(=O)C2CC2C(=O)O)c1. The van der Waals surface area contributed by atoms with E-state index in [1.807, 2.05) is 25.1 Å². The van der Waals surface area contributed by atoms with Crippen LogP contribution in [0.4, 0.5) is 5.69 Å². The summed E-state index contributed by atoms with van der Waals surface area (Å²) in [6, 6.07) is 7.37. The predicted molar refractivity (Wildman–Crippen MR) is 69.7 cm³/mol. The highest BCUT2D eigenvalue weighted by molar-refractivity contribution is 5.98. The lowest BCUT2D eigenvalue weighted by atomic mass is 10.1. The van der Waals surface area contributed by atoms with Crippen LogP contribution in [0.2, 0.25) is 0 Å². The molecule has 3 unspecified atom stereocenters. The highest BCUT2D eigenvalue weighted by atomic mass is 16.5. The molecule has 5 nitrogen and oxygen atoms in total. The number of rotatable bonds is 5. The Bertz CT molecular complexity index is 500. The maximum atomic E-state index is 11.8. The number of ether oxygens (including phenoxy) is 1. The van der Waals surface area contributed by atoms with E-state index >= 15 is 0 Å². The molecule has 1 aromatic rings. The van der Waals surface area contributed by atoms with Gasteiger partial charge in [0, 0.05) is 12.8 Å². The summed E-state index contributed by atoms with van der Waals surface area (Å²) in [6.07, 6.45) is 0.375. The predicted octanol–water partition coefficient (Wildman–Crippen LogP) is 2.05. The Morgan fingerprint density at radius 2 is 2.16 bits per heavy atom. The van der Waals surface area contributed by atoms with Crippen molar-refractivity contribution in [2.45, 2.75) is 19.4 Å². The number of carboxylic acid groups (broad SMARTS) is 1. The van der Waals surface area contributed by atoms with Crippen molar-refractivity contribution < 1.29 is 19.4 Å². The molecular weight excluding hydrogens is 246 g/mol. The minimum atomic E-state index is -0.901. The second kappa shape index (κ2) is 5.40. The summed E-state index contributed by atoms with van der Waals surface area (Å²) >= 11 is 0. The maximum Gasteiger partial charge on any atom is 0.307 e. The molecule has 3 atom stereocenters. The topological polar surface area (TPSA) is 75.6 Å². The molecule has 0 radical (unpaired) electrons. The van der Waals surface area contributed by atoms with Crippen LogP contribution in [0.15, 0.2) is 24.3 Å². The number of nitrogens with one attached hydrogen (secondary N) is 1.